The molecule has 1 heterocycles. The first-order valence-electron chi connectivity index (χ1n) is 4.81. The Kier molecular flexibility index (Phi) is 3.14. The second kappa shape index (κ2) is 4.57. The summed E-state index contributed by atoms with van der Waals surface area (Å²) in [5.74, 6) is -0.0559. The van der Waals surface area contributed by atoms with Gasteiger partial charge in [-0.2, -0.15) is 0 Å². The maximum absolute atomic E-state index is 11.5. The van der Waals surface area contributed by atoms with Crippen LogP contribution in [0, 0.1) is 6.92 Å². The molecule has 0 atom stereocenters. The van der Waals surface area contributed by atoms with Gasteiger partial charge in [0.1, 0.15) is 0 Å². The Morgan fingerprint density at radius 3 is 2.69 bits per heavy atom. The largest absolute Gasteiger partial charge is 0.291 e. The molecular weight excluding hydrogens is 270 g/mol. The van der Waals surface area contributed by atoms with E-state index in [1.165, 1.54) is 0 Å². The fraction of sp³-hybridized carbons (Fsp3) is 0.182. The van der Waals surface area contributed by atoms with Gasteiger partial charge in [0, 0.05) is 0 Å². The molecule has 0 fully saturated rings. The van der Waals surface area contributed by atoms with Crippen LogP contribution in [-0.4, -0.2) is 26.1 Å². The van der Waals surface area contributed by atoms with Crippen molar-refractivity contribution in [1.29, 1.82) is 0 Å². The number of hydrogen-bond donors (Lipinski definition) is 0. The van der Waals surface area contributed by atoms with Gasteiger partial charge in [-0.1, -0.05) is 39.3 Å². The summed E-state index contributed by atoms with van der Waals surface area (Å²) in [6.07, 6.45) is 0. The van der Waals surface area contributed by atoms with Gasteiger partial charge in [0.05, 0.1) is 16.7 Å². The number of benzene rings is 1. The quantitative estimate of drug-likeness (QED) is 0.639. The van der Waals surface area contributed by atoms with Crippen LogP contribution >= 0.6 is 15.9 Å². The lowest BCUT2D eigenvalue weighted by Crippen LogP contribution is -2.04. The number of para-hydroxylation sites is 1. The molecule has 0 aliphatic rings. The SMILES string of the molecule is Cc1c(C(=O)CBr)nnn1-c1ccccc1. The fourth-order valence-corrected chi connectivity index (χ4v) is 1.73. The first kappa shape index (κ1) is 11.0. The zero-order chi connectivity index (χ0) is 11.5. The van der Waals surface area contributed by atoms with E-state index in [4.69, 9.17) is 0 Å². The third-order valence-corrected chi connectivity index (χ3v) is 2.79. The van der Waals surface area contributed by atoms with Crippen molar-refractivity contribution >= 4 is 21.7 Å². The Hall–Kier alpha value is -1.49. The highest BCUT2D eigenvalue weighted by molar-refractivity contribution is 9.09. The molecule has 2 rings (SSSR count). The van der Waals surface area contributed by atoms with Gasteiger partial charge in [-0.15, -0.1) is 5.10 Å². The Morgan fingerprint density at radius 2 is 2.06 bits per heavy atom. The minimum Gasteiger partial charge on any atom is -0.291 e. The molecule has 2 aromatic rings. The molecule has 0 aliphatic heterocycles. The Bertz CT molecular complexity index is 507. The van der Waals surface area contributed by atoms with E-state index in [0.29, 0.717) is 5.69 Å². The standard InChI is InChI=1S/C11H10BrN3O/c1-8-11(10(16)7-12)13-14-15(8)9-5-3-2-4-6-9/h2-6H,7H2,1H3. The minimum atomic E-state index is -0.0559. The van der Waals surface area contributed by atoms with Crippen molar-refractivity contribution < 1.29 is 4.79 Å². The van der Waals surface area contributed by atoms with E-state index in [1.807, 2.05) is 37.3 Å². The molecule has 1 aromatic carbocycles. The number of alkyl halides is 1. The number of nitrogens with zero attached hydrogens (tertiary/aromatic N) is 3. The van der Waals surface area contributed by atoms with Crippen molar-refractivity contribution in [2.45, 2.75) is 6.92 Å². The second-order valence-corrected chi connectivity index (χ2v) is 3.89. The molecule has 0 N–H and O–H groups in total. The molecule has 0 spiro atoms. The molecule has 1 aromatic heterocycles. The van der Waals surface area contributed by atoms with Gasteiger partial charge in [0.15, 0.2) is 11.5 Å². The number of aromatic nitrogens is 3. The first-order chi connectivity index (χ1) is 7.74. The molecule has 0 saturated heterocycles. The van der Waals surface area contributed by atoms with Gasteiger partial charge in [-0.25, -0.2) is 4.68 Å². The van der Waals surface area contributed by atoms with Crippen molar-refractivity contribution in [2.24, 2.45) is 0 Å². The van der Waals surface area contributed by atoms with Gasteiger partial charge in [0.25, 0.3) is 0 Å². The summed E-state index contributed by atoms with van der Waals surface area (Å²) in [5, 5.41) is 8.14. The molecule has 16 heavy (non-hydrogen) atoms. The lowest BCUT2D eigenvalue weighted by molar-refractivity contribution is 0.101. The predicted molar refractivity (Wildman–Crippen MR) is 64.2 cm³/mol. The summed E-state index contributed by atoms with van der Waals surface area (Å²) in [4.78, 5) is 11.5. The normalized spacial score (nSPS) is 10.4. The van der Waals surface area contributed by atoms with E-state index in [-0.39, 0.29) is 11.1 Å². The lowest BCUT2D eigenvalue weighted by Gasteiger charge is -2.02. The zero-order valence-corrected chi connectivity index (χ0v) is 10.3. The van der Waals surface area contributed by atoms with Crippen LogP contribution in [0.4, 0.5) is 0 Å². The Labute approximate surface area is 101 Å². The predicted octanol–water partition coefficient (Wildman–Crippen LogP) is 2.15. The molecule has 0 bridgehead atoms. The van der Waals surface area contributed by atoms with Crippen LogP contribution in [0.5, 0.6) is 0 Å². The number of halogens is 1. The summed E-state index contributed by atoms with van der Waals surface area (Å²) in [6, 6.07) is 9.61. The first-order valence-corrected chi connectivity index (χ1v) is 5.93. The summed E-state index contributed by atoms with van der Waals surface area (Å²) in [6.45, 7) is 1.84. The van der Waals surface area contributed by atoms with Crippen LogP contribution in [0.3, 0.4) is 0 Å². The minimum absolute atomic E-state index is 0.0559. The maximum atomic E-state index is 11.5. The molecule has 4 nitrogen and oxygen atoms in total. The summed E-state index contributed by atoms with van der Waals surface area (Å²) >= 11 is 3.12. The summed E-state index contributed by atoms with van der Waals surface area (Å²) in [7, 11) is 0. The maximum Gasteiger partial charge on any atom is 0.195 e. The number of ketones is 1. The number of carbonyl (C=O) groups excluding carboxylic acids is 1. The Morgan fingerprint density at radius 1 is 1.38 bits per heavy atom. The average molecular weight is 280 g/mol. The van der Waals surface area contributed by atoms with E-state index in [0.717, 1.165) is 11.4 Å². The summed E-state index contributed by atoms with van der Waals surface area (Å²) in [5.41, 5.74) is 2.08. The highest BCUT2D eigenvalue weighted by Crippen LogP contribution is 2.12. The van der Waals surface area contributed by atoms with Crippen molar-refractivity contribution in [3.05, 3.63) is 41.7 Å². The van der Waals surface area contributed by atoms with Crippen molar-refractivity contribution in [3.8, 4) is 5.69 Å². The lowest BCUT2D eigenvalue weighted by atomic mass is 10.2. The monoisotopic (exact) mass is 279 g/mol. The molecule has 0 radical (unpaired) electrons. The van der Waals surface area contributed by atoms with Crippen molar-refractivity contribution in [3.63, 3.8) is 0 Å². The molecular formula is C11H10BrN3O. The molecule has 0 amide bonds. The van der Waals surface area contributed by atoms with Gasteiger partial charge >= 0.3 is 0 Å². The average Bonchev–Trinajstić information content (AvgIpc) is 2.71. The third kappa shape index (κ3) is 1.90. The highest BCUT2D eigenvalue weighted by Gasteiger charge is 2.15. The number of carbonyl (C=O) groups is 1. The third-order valence-electron chi connectivity index (χ3n) is 2.28. The van der Waals surface area contributed by atoms with Crippen molar-refractivity contribution in [1.82, 2.24) is 15.0 Å². The van der Waals surface area contributed by atoms with E-state index in [1.54, 1.807) is 4.68 Å². The molecule has 5 heteroatoms. The van der Waals surface area contributed by atoms with E-state index in [2.05, 4.69) is 26.2 Å². The van der Waals surface area contributed by atoms with Crippen LogP contribution in [0.2, 0.25) is 0 Å². The second-order valence-electron chi connectivity index (χ2n) is 3.33. The fourth-order valence-electron chi connectivity index (χ4n) is 1.46. The van der Waals surface area contributed by atoms with Crippen LogP contribution in [-0.2, 0) is 0 Å². The smallest absolute Gasteiger partial charge is 0.195 e. The molecule has 82 valence electrons. The van der Waals surface area contributed by atoms with Gasteiger partial charge in [-0.05, 0) is 19.1 Å². The van der Waals surface area contributed by atoms with Crippen LogP contribution in [0.25, 0.3) is 5.69 Å². The van der Waals surface area contributed by atoms with E-state index < -0.39 is 0 Å². The zero-order valence-electron chi connectivity index (χ0n) is 8.72. The Balaban J connectivity index is 2.45. The number of Topliss-reactive ketones (excluding diaryl/α,β-unsaturated/α-hetero) is 1. The number of rotatable bonds is 3. The van der Waals surface area contributed by atoms with Gasteiger partial charge in [-0.3, -0.25) is 4.79 Å². The highest BCUT2D eigenvalue weighted by atomic mass is 79.9. The molecule has 0 unspecified atom stereocenters. The van der Waals surface area contributed by atoms with Crippen molar-refractivity contribution in [2.75, 3.05) is 5.33 Å². The van der Waals surface area contributed by atoms with Crippen LogP contribution in [0.1, 0.15) is 16.2 Å². The topological polar surface area (TPSA) is 47.8 Å². The van der Waals surface area contributed by atoms with E-state index in [9.17, 15) is 4.79 Å². The number of hydrogen-bond acceptors (Lipinski definition) is 3. The molecule has 0 saturated carbocycles. The molecule has 0 aliphatic carbocycles. The van der Waals surface area contributed by atoms with Gasteiger partial charge < -0.3 is 0 Å². The summed E-state index contributed by atoms with van der Waals surface area (Å²) < 4.78 is 1.66. The van der Waals surface area contributed by atoms with Gasteiger partial charge in [0.2, 0.25) is 0 Å². The van der Waals surface area contributed by atoms with E-state index >= 15 is 0 Å². The van der Waals surface area contributed by atoms with Crippen LogP contribution in [0.15, 0.2) is 30.3 Å². The van der Waals surface area contributed by atoms with Crippen LogP contribution < -0.4 is 0 Å².